The SMILES string of the molecule is COCCOc1cccc(C(=O)N2CCN(C(=O)OC(C)(C)C)CC2)c1. The number of benzene rings is 1. The summed E-state index contributed by atoms with van der Waals surface area (Å²) in [6.07, 6.45) is -0.335. The van der Waals surface area contributed by atoms with Crippen LogP contribution in [0.2, 0.25) is 0 Å². The van der Waals surface area contributed by atoms with E-state index in [1.165, 1.54) is 0 Å². The van der Waals surface area contributed by atoms with Gasteiger partial charge < -0.3 is 24.0 Å². The fraction of sp³-hybridized carbons (Fsp3) is 0.579. The van der Waals surface area contributed by atoms with Gasteiger partial charge in [0.05, 0.1) is 6.61 Å². The van der Waals surface area contributed by atoms with Crippen LogP contribution in [0.15, 0.2) is 24.3 Å². The second-order valence-corrected chi connectivity index (χ2v) is 7.13. The third-order valence-corrected chi connectivity index (χ3v) is 3.86. The lowest BCUT2D eigenvalue weighted by Gasteiger charge is -2.35. The summed E-state index contributed by atoms with van der Waals surface area (Å²) in [4.78, 5) is 28.2. The van der Waals surface area contributed by atoms with Crippen LogP contribution in [-0.4, -0.2) is 73.9 Å². The number of ether oxygens (including phenoxy) is 3. The van der Waals surface area contributed by atoms with Crippen LogP contribution >= 0.6 is 0 Å². The molecule has 144 valence electrons. The summed E-state index contributed by atoms with van der Waals surface area (Å²) in [5, 5.41) is 0. The summed E-state index contributed by atoms with van der Waals surface area (Å²) >= 11 is 0. The Labute approximate surface area is 154 Å². The molecule has 0 N–H and O–H groups in total. The number of rotatable bonds is 5. The van der Waals surface area contributed by atoms with Crippen molar-refractivity contribution in [3.8, 4) is 5.75 Å². The fourth-order valence-electron chi connectivity index (χ4n) is 2.56. The average Bonchev–Trinajstić information content (AvgIpc) is 2.60. The van der Waals surface area contributed by atoms with Crippen molar-refractivity contribution >= 4 is 12.0 Å². The molecule has 2 amide bonds. The van der Waals surface area contributed by atoms with Crippen LogP contribution in [0.3, 0.4) is 0 Å². The summed E-state index contributed by atoms with van der Waals surface area (Å²) in [5.41, 5.74) is 0.0541. The number of amides is 2. The van der Waals surface area contributed by atoms with E-state index in [9.17, 15) is 9.59 Å². The molecule has 0 aromatic heterocycles. The maximum absolute atomic E-state index is 12.7. The number of carbonyl (C=O) groups is 2. The quantitative estimate of drug-likeness (QED) is 0.751. The predicted molar refractivity (Wildman–Crippen MR) is 97.5 cm³/mol. The highest BCUT2D eigenvalue weighted by molar-refractivity contribution is 5.94. The molecule has 0 aliphatic carbocycles. The van der Waals surface area contributed by atoms with Gasteiger partial charge in [-0.05, 0) is 39.0 Å². The van der Waals surface area contributed by atoms with E-state index in [2.05, 4.69) is 0 Å². The highest BCUT2D eigenvalue weighted by Gasteiger charge is 2.28. The first-order valence-corrected chi connectivity index (χ1v) is 8.79. The van der Waals surface area contributed by atoms with Crippen molar-refractivity contribution in [2.75, 3.05) is 46.5 Å². The van der Waals surface area contributed by atoms with Crippen LogP contribution in [0.25, 0.3) is 0 Å². The zero-order valence-electron chi connectivity index (χ0n) is 16.0. The third-order valence-electron chi connectivity index (χ3n) is 3.86. The Morgan fingerprint density at radius 2 is 1.69 bits per heavy atom. The maximum atomic E-state index is 12.7. The Morgan fingerprint density at radius 3 is 2.31 bits per heavy atom. The number of nitrogens with zero attached hydrogens (tertiary/aromatic N) is 2. The van der Waals surface area contributed by atoms with Crippen LogP contribution in [-0.2, 0) is 9.47 Å². The number of hydrogen-bond acceptors (Lipinski definition) is 5. The van der Waals surface area contributed by atoms with Gasteiger partial charge in [0.2, 0.25) is 0 Å². The van der Waals surface area contributed by atoms with Crippen LogP contribution in [0, 0.1) is 0 Å². The molecule has 7 nitrogen and oxygen atoms in total. The largest absolute Gasteiger partial charge is 0.491 e. The number of hydrogen-bond donors (Lipinski definition) is 0. The lowest BCUT2D eigenvalue weighted by molar-refractivity contribution is 0.0141. The molecular formula is C19H28N2O5. The van der Waals surface area contributed by atoms with Crippen LogP contribution in [0.5, 0.6) is 5.75 Å². The van der Waals surface area contributed by atoms with E-state index in [0.717, 1.165) is 0 Å². The van der Waals surface area contributed by atoms with Crippen LogP contribution in [0.1, 0.15) is 31.1 Å². The van der Waals surface area contributed by atoms with Gasteiger partial charge in [-0.25, -0.2) is 4.79 Å². The summed E-state index contributed by atoms with van der Waals surface area (Å²) in [6.45, 7) is 8.33. The van der Waals surface area contributed by atoms with Crippen molar-refractivity contribution in [3.63, 3.8) is 0 Å². The van der Waals surface area contributed by atoms with Crippen molar-refractivity contribution in [1.29, 1.82) is 0 Å². The monoisotopic (exact) mass is 364 g/mol. The van der Waals surface area contributed by atoms with E-state index in [4.69, 9.17) is 14.2 Å². The van der Waals surface area contributed by atoms with E-state index in [1.807, 2.05) is 26.8 Å². The van der Waals surface area contributed by atoms with Gasteiger partial charge in [-0.1, -0.05) is 6.07 Å². The first kappa shape index (κ1) is 20.0. The molecule has 0 spiro atoms. The Bertz CT molecular complexity index is 619. The molecule has 1 aromatic rings. The predicted octanol–water partition coefficient (Wildman–Crippen LogP) is 2.40. The molecule has 0 radical (unpaired) electrons. The van der Waals surface area contributed by atoms with E-state index in [-0.39, 0.29) is 12.0 Å². The molecule has 26 heavy (non-hydrogen) atoms. The topological polar surface area (TPSA) is 68.3 Å². The van der Waals surface area contributed by atoms with Gasteiger partial charge in [0.1, 0.15) is 18.0 Å². The lowest BCUT2D eigenvalue weighted by Crippen LogP contribution is -2.51. The molecule has 1 saturated heterocycles. The average molecular weight is 364 g/mol. The smallest absolute Gasteiger partial charge is 0.410 e. The maximum Gasteiger partial charge on any atom is 0.410 e. The summed E-state index contributed by atoms with van der Waals surface area (Å²) in [6, 6.07) is 7.11. The van der Waals surface area contributed by atoms with E-state index < -0.39 is 5.60 Å². The Kier molecular flexibility index (Phi) is 6.85. The fourth-order valence-corrected chi connectivity index (χ4v) is 2.56. The second kappa shape index (κ2) is 8.89. The van der Waals surface area contributed by atoms with Gasteiger partial charge in [0.15, 0.2) is 0 Å². The molecule has 1 heterocycles. The Balaban J connectivity index is 1.90. The molecule has 2 rings (SSSR count). The van der Waals surface area contributed by atoms with E-state index in [1.54, 1.807) is 35.1 Å². The minimum Gasteiger partial charge on any atom is -0.491 e. The molecule has 0 bridgehead atoms. The van der Waals surface area contributed by atoms with Crippen molar-refractivity contribution in [1.82, 2.24) is 9.80 Å². The third kappa shape index (κ3) is 5.91. The molecule has 0 saturated carbocycles. The molecule has 0 unspecified atom stereocenters. The van der Waals surface area contributed by atoms with Gasteiger partial charge >= 0.3 is 6.09 Å². The van der Waals surface area contributed by atoms with E-state index in [0.29, 0.717) is 50.7 Å². The minimum atomic E-state index is -0.521. The van der Waals surface area contributed by atoms with Gasteiger partial charge in [-0.2, -0.15) is 0 Å². The molecule has 7 heteroatoms. The molecule has 0 atom stereocenters. The highest BCUT2D eigenvalue weighted by Crippen LogP contribution is 2.17. The number of methoxy groups -OCH3 is 1. The Hall–Kier alpha value is -2.28. The van der Waals surface area contributed by atoms with Crippen molar-refractivity contribution in [3.05, 3.63) is 29.8 Å². The van der Waals surface area contributed by atoms with Crippen molar-refractivity contribution < 1.29 is 23.8 Å². The van der Waals surface area contributed by atoms with Crippen molar-refractivity contribution in [2.45, 2.75) is 26.4 Å². The lowest BCUT2D eigenvalue weighted by atomic mass is 10.1. The zero-order valence-corrected chi connectivity index (χ0v) is 16.0. The van der Waals surface area contributed by atoms with E-state index >= 15 is 0 Å². The molecule has 1 aliphatic rings. The van der Waals surface area contributed by atoms with Crippen LogP contribution in [0.4, 0.5) is 4.79 Å². The zero-order chi connectivity index (χ0) is 19.2. The van der Waals surface area contributed by atoms with Crippen molar-refractivity contribution in [2.24, 2.45) is 0 Å². The van der Waals surface area contributed by atoms with Gasteiger partial charge in [0, 0.05) is 38.9 Å². The minimum absolute atomic E-state index is 0.0639. The summed E-state index contributed by atoms with van der Waals surface area (Å²) < 4.78 is 15.9. The first-order valence-electron chi connectivity index (χ1n) is 8.79. The van der Waals surface area contributed by atoms with Gasteiger partial charge in [-0.3, -0.25) is 4.79 Å². The molecule has 1 fully saturated rings. The number of carbonyl (C=O) groups excluding carboxylic acids is 2. The number of piperazine rings is 1. The standard InChI is InChI=1S/C19H28N2O5/c1-19(2,3)26-18(23)21-10-8-20(9-11-21)17(22)15-6-5-7-16(14-15)25-13-12-24-4/h5-7,14H,8-13H2,1-4H3. The van der Waals surface area contributed by atoms with Crippen LogP contribution < -0.4 is 4.74 Å². The summed E-state index contributed by atoms with van der Waals surface area (Å²) in [7, 11) is 1.61. The van der Waals surface area contributed by atoms with Gasteiger partial charge in [0.25, 0.3) is 5.91 Å². The van der Waals surface area contributed by atoms with Gasteiger partial charge in [-0.15, -0.1) is 0 Å². The molecule has 1 aromatic carbocycles. The second-order valence-electron chi connectivity index (χ2n) is 7.13. The molecular weight excluding hydrogens is 336 g/mol. The molecule has 1 aliphatic heterocycles. The normalized spacial score (nSPS) is 14.9. The Morgan fingerprint density at radius 1 is 1.04 bits per heavy atom. The highest BCUT2D eigenvalue weighted by atomic mass is 16.6. The summed E-state index contributed by atoms with van der Waals surface area (Å²) in [5.74, 6) is 0.575. The first-order chi connectivity index (χ1) is 12.3.